The maximum absolute atomic E-state index is 12.1. The highest BCUT2D eigenvalue weighted by atomic mass is 32.1. The normalized spacial score (nSPS) is 10.9. The number of carbonyl (C=O) groups is 1. The average molecular weight is 328 g/mol. The van der Waals surface area contributed by atoms with Crippen LogP contribution in [0.25, 0.3) is 10.7 Å². The van der Waals surface area contributed by atoms with Crippen molar-refractivity contribution in [2.24, 2.45) is 0 Å². The zero-order valence-corrected chi connectivity index (χ0v) is 13.6. The average Bonchev–Trinajstić information content (AvgIpc) is 3.24. The molecular formula is C16H16N4O2S. The van der Waals surface area contributed by atoms with Crippen molar-refractivity contribution in [3.8, 4) is 10.7 Å². The van der Waals surface area contributed by atoms with Gasteiger partial charge in [-0.25, -0.2) is 9.97 Å². The minimum absolute atomic E-state index is 0.239. The Hall–Kier alpha value is -2.54. The Morgan fingerprint density at radius 2 is 2.13 bits per heavy atom. The van der Waals surface area contributed by atoms with Crippen LogP contribution >= 0.6 is 11.3 Å². The Bertz CT molecular complexity index is 779. The molecule has 23 heavy (non-hydrogen) atoms. The molecule has 0 fully saturated rings. The lowest BCUT2D eigenvalue weighted by molar-refractivity contribution is 0.0949. The van der Waals surface area contributed by atoms with Crippen LogP contribution in [0.5, 0.6) is 0 Å². The predicted molar refractivity (Wildman–Crippen MR) is 87.1 cm³/mol. The topological polar surface area (TPSA) is 80.9 Å². The summed E-state index contributed by atoms with van der Waals surface area (Å²) >= 11 is 1.56. The number of carbonyl (C=O) groups excluding carboxylic acids is 1. The van der Waals surface area contributed by atoms with Crippen LogP contribution in [-0.4, -0.2) is 21.0 Å². The summed E-state index contributed by atoms with van der Waals surface area (Å²) in [6, 6.07) is 5.73. The lowest BCUT2D eigenvalue weighted by Gasteiger charge is -2.03. The van der Waals surface area contributed by atoms with Crippen LogP contribution < -0.4 is 5.32 Å². The van der Waals surface area contributed by atoms with Crippen LogP contribution in [0.3, 0.4) is 0 Å². The molecule has 0 aliphatic rings. The smallest absolute Gasteiger partial charge is 0.254 e. The fraction of sp³-hybridized carbons (Fsp3) is 0.250. The standard InChI is InChI=1S/C16H16N4O2S/c1-10(2)13-6-12(20-22-13)9-19-16(21)11-7-17-15(18-8-11)14-4-3-5-23-14/h3-8,10H,9H2,1-2H3,(H,19,21). The van der Waals surface area contributed by atoms with Gasteiger partial charge in [-0.05, 0) is 11.4 Å². The van der Waals surface area contributed by atoms with E-state index in [2.05, 4.69) is 20.4 Å². The molecule has 0 radical (unpaired) electrons. The fourth-order valence-corrected chi connectivity index (χ4v) is 2.61. The maximum Gasteiger partial charge on any atom is 0.254 e. The molecule has 0 bridgehead atoms. The van der Waals surface area contributed by atoms with Crippen LogP contribution in [0.15, 0.2) is 40.5 Å². The number of aromatic nitrogens is 3. The Morgan fingerprint density at radius 1 is 1.35 bits per heavy atom. The quantitative estimate of drug-likeness (QED) is 0.777. The van der Waals surface area contributed by atoms with E-state index in [9.17, 15) is 4.79 Å². The van der Waals surface area contributed by atoms with Crippen molar-refractivity contribution in [3.63, 3.8) is 0 Å². The minimum atomic E-state index is -0.239. The van der Waals surface area contributed by atoms with Gasteiger partial charge in [0.25, 0.3) is 5.91 Å². The summed E-state index contributed by atoms with van der Waals surface area (Å²) in [6.07, 6.45) is 3.06. The molecule has 3 rings (SSSR count). The molecule has 0 aromatic carbocycles. The summed E-state index contributed by atoms with van der Waals surface area (Å²) in [4.78, 5) is 21.5. The van der Waals surface area contributed by atoms with Crippen molar-refractivity contribution in [2.45, 2.75) is 26.3 Å². The molecule has 0 atom stereocenters. The molecule has 118 valence electrons. The molecule has 0 unspecified atom stereocenters. The van der Waals surface area contributed by atoms with E-state index >= 15 is 0 Å². The number of rotatable bonds is 5. The predicted octanol–water partition coefficient (Wildman–Crippen LogP) is 3.25. The number of hydrogen-bond acceptors (Lipinski definition) is 6. The van der Waals surface area contributed by atoms with Crippen molar-refractivity contribution in [1.82, 2.24) is 20.4 Å². The molecule has 6 nitrogen and oxygen atoms in total. The van der Waals surface area contributed by atoms with Gasteiger partial charge in [0.05, 0.1) is 17.0 Å². The molecule has 1 amide bonds. The van der Waals surface area contributed by atoms with E-state index in [1.54, 1.807) is 11.3 Å². The van der Waals surface area contributed by atoms with Gasteiger partial charge in [-0.3, -0.25) is 4.79 Å². The van der Waals surface area contributed by atoms with Crippen molar-refractivity contribution in [1.29, 1.82) is 0 Å². The van der Waals surface area contributed by atoms with Gasteiger partial charge >= 0.3 is 0 Å². The summed E-state index contributed by atoms with van der Waals surface area (Å²) in [5.74, 6) is 1.45. The molecule has 3 heterocycles. The maximum atomic E-state index is 12.1. The van der Waals surface area contributed by atoms with Gasteiger partial charge in [0.15, 0.2) is 5.82 Å². The van der Waals surface area contributed by atoms with E-state index in [1.165, 1.54) is 12.4 Å². The third-order valence-corrected chi connectivity index (χ3v) is 4.10. The van der Waals surface area contributed by atoms with Crippen molar-refractivity contribution >= 4 is 17.2 Å². The summed E-state index contributed by atoms with van der Waals surface area (Å²) in [5.41, 5.74) is 1.11. The first kappa shape index (κ1) is 15.4. The first-order valence-corrected chi connectivity index (χ1v) is 8.11. The van der Waals surface area contributed by atoms with E-state index < -0.39 is 0 Å². The number of hydrogen-bond donors (Lipinski definition) is 1. The Balaban J connectivity index is 1.61. The zero-order chi connectivity index (χ0) is 16.2. The van der Waals surface area contributed by atoms with Gasteiger partial charge in [0.2, 0.25) is 0 Å². The van der Waals surface area contributed by atoms with Crippen LogP contribution in [0.4, 0.5) is 0 Å². The number of thiophene rings is 1. The Morgan fingerprint density at radius 3 is 2.74 bits per heavy atom. The zero-order valence-electron chi connectivity index (χ0n) is 12.8. The molecule has 3 aromatic rings. The van der Waals surface area contributed by atoms with E-state index in [1.807, 2.05) is 37.4 Å². The monoisotopic (exact) mass is 328 g/mol. The summed E-state index contributed by atoms with van der Waals surface area (Å²) in [6.45, 7) is 4.35. The minimum Gasteiger partial charge on any atom is -0.361 e. The summed E-state index contributed by atoms with van der Waals surface area (Å²) in [7, 11) is 0. The van der Waals surface area contributed by atoms with Crippen LogP contribution in [0.2, 0.25) is 0 Å². The second kappa shape index (κ2) is 6.70. The fourth-order valence-electron chi connectivity index (χ4n) is 1.93. The van der Waals surface area contributed by atoms with Gasteiger partial charge < -0.3 is 9.84 Å². The highest BCUT2D eigenvalue weighted by molar-refractivity contribution is 7.13. The number of nitrogens with zero attached hydrogens (tertiary/aromatic N) is 3. The van der Waals surface area contributed by atoms with E-state index in [0.717, 1.165) is 10.6 Å². The largest absolute Gasteiger partial charge is 0.361 e. The first-order valence-electron chi connectivity index (χ1n) is 7.23. The van der Waals surface area contributed by atoms with Crippen LogP contribution in [-0.2, 0) is 6.54 Å². The SMILES string of the molecule is CC(C)c1cc(CNC(=O)c2cnc(-c3cccs3)nc2)no1. The number of nitrogens with one attached hydrogen (secondary N) is 1. The Kier molecular flexibility index (Phi) is 4.47. The molecule has 0 saturated heterocycles. The van der Waals surface area contributed by atoms with Gasteiger partial charge in [-0.1, -0.05) is 25.1 Å². The van der Waals surface area contributed by atoms with E-state index in [-0.39, 0.29) is 11.8 Å². The molecule has 7 heteroatoms. The van der Waals surface area contributed by atoms with Crippen LogP contribution in [0.1, 0.15) is 41.6 Å². The lowest BCUT2D eigenvalue weighted by Crippen LogP contribution is -2.23. The van der Waals surface area contributed by atoms with E-state index in [4.69, 9.17) is 4.52 Å². The van der Waals surface area contributed by atoms with Crippen molar-refractivity contribution in [3.05, 3.63) is 53.0 Å². The molecule has 0 spiro atoms. The van der Waals surface area contributed by atoms with Crippen LogP contribution in [0, 0.1) is 0 Å². The van der Waals surface area contributed by atoms with Gasteiger partial charge in [-0.15, -0.1) is 11.3 Å². The third kappa shape index (κ3) is 3.62. The number of amides is 1. The van der Waals surface area contributed by atoms with Gasteiger partial charge in [-0.2, -0.15) is 0 Å². The molecule has 0 aliphatic heterocycles. The molecule has 0 saturated carbocycles. The Labute approximate surface area is 137 Å². The summed E-state index contributed by atoms with van der Waals surface area (Å²) in [5, 5.41) is 8.68. The molecular weight excluding hydrogens is 312 g/mol. The van der Waals surface area contributed by atoms with Crippen molar-refractivity contribution in [2.75, 3.05) is 0 Å². The van der Waals surface area contributed by atoms with E-state index in [0.29, 0.717) is 23.6 Å². The highest BCUT2D eigenvalue weighted by Gasteiger charge is 2.11. The van der Waals surface area contributed by atoms with Gasteiger partial charge in [0.1, 0.15) is 11.5 Å². The molecule has 3 aromatic heterocycles. The first-order chi connectivity index (χ1) is 11.1. The highest BCUT2D eigenvalue weighted by Crippen LogP contribution is 2.20. The van der Waals surface area contributed by atoms with Gasteiger partial charge in [0, 0.05) is 24.4 Å². The lowest BCUT2D eigenvalue weighted by atomic mass is 10.1. The second-order valence-corrected chi connectivity index (χ2v) is 6.28. The third-order valence-electron chi connectivity index (χ3n) is 3.23. The second-order valence-electron chi connectivity index (χ2n) is 5.33. The van der Waals surface area contributed by atoms with Crippen molar-refractivity contribution < 1.29 is 9.32 Å². The molecule has 1 N–H and O–H groups in total. The summed E-state index contributed by atoms with van der Waals surface area (Å²) < 4.78 is 5.20. The molecule has 0 aliphatic carbocycles.